The zero-order valence-electron chi connectivity index (χ0n) is 14.9. The molecule has 2 saturated heterocycles. The van der Waals surface area contributed by atoms with Crippen molar-refractivity contribution in [2.75, 3.05) is 40.4 Å². The molecule has 0 radical (unpaired) electrons. The van der Waals surface area contributed by atoms with Gasteiger partial charge in [0.1, 0.15) is 5.75 Å². The van der Waals surface area contributed by atoms with E-state index >= 15 is 0 Å². The minimum Gasteiger partial charge on any atom is -0.496 e. The third-order valence-electron chi connectivity index (χ3n) is 5.88. The summed E-state index contributed by atoms with van der Waals surface area (Å²) in [4.78, 5) is 17.3. The van der Waals surface area contributed by atoms with Crippen LogP contribution < -0.4 is 4.74 Å². The van der Waals surface area contributed by atoms with E-state index in [1.807, 2.05) is 30.0 Å². The Morgan fingerprint density at radius 2 is 2.17 bits per heavy atom. The molecule has 1 N–H and O–H groups in total. The summed E-state index contributed by atoms with van der Waals surface area (Å²) in [5.74, 6) is 0.655. The molecule has 2 atom stereocenters. The Balaban J connectivity index is 1.84. The third-order valence-corrected chi connectivity index (χ3v) is 5.88. The highest BCUT2D eigenvalue weighted by atomic mass is 16.5. The van der Waals surface area contributed by atoms with Crippen molar-refractivity contribution in [3.05, 3.63) is 29.3 Å². The quantitative estimate of drug-likeness (QED) is 0.919. The topological polar surface area (TPSA) is 53.0 Å². The molecule has 2 fully saturated rings. The van der Waals surface area contributed by atoms with Crippen molar-refractivity contribution in [2.24, 2.45) is 5.41 Å². The van der Waals surface area contributed by atoms with Crippen molar-refractivity contribution in [3.8, 4) is 5.75 Å². The smallest absolute Gasteiger partial charge is 0.257 e. The molecular formula is C19H28N2O3. The first-order valence-corrected chi connectivity index (χ1v) is 8.76. The number of hydrogen-bond donors (Lipinski definition) is 1. The Morgan fingerprint density at radius 3 is 2.88 bits per heavy atom. The van der Waals surface area contributed by atoms with Crippen LogP contribution in [0.1, 0.15) is 35.2 Å². The third kappa shape index (κ3) is 2.91. The largest absolute Gasteiger partial charge is 0.496 e. The monoisotopic (exact) mass is 332 g/mol. The number of carbonyl (C=O) groups excluding carboxylic acids is 1. The van der Waals surface area contributed by atoms with Gasteiger partial charge in [0.25, 0.3) is 5.91 Å². The number of rotatable bonds is 3. The fraction of sp³-hybridized carbons (Fsp3) is 0.632. The molecule has 132 valence electrons. The second kappa shape index (κ2) is 6.73. The van der Waals surface area contributed by atoms with E-state index in [1.54, 1.807) is 7.11 Å². The number of carbonyl (C=O) groups is 1. The lowest BCUT2D eigenvalue weighted by atomic mass is 9.69. The molecule has 0 saturated carbocycles. The van der Waals surface area contributed by atoms with Gasteiger partial charge in [0.05, 0.1) is 19.3 Å². The maximum atomic E-state index is 13.1. The van der Waals surface area contributed by atoms with Gasteiger partial charge in [0.15, 0.2) is 0 Å². The van der Waals surface area contributed by atoms with E-state index < -0.39 is 0 Å². The van der Waals surface area contributed by atoms with E-state index in [0.717, 1.165) is 31.4 Å². The Kier molecular flexibility index (Phi) is 4.83. The highest BCUT2D eigenvalue weighted by molar-refractivity contribution is 5.97. The van der Waals surface area contributed by atoms with Gasteiger partial charge in [0.2, 0.25) is 0 Å². The van der Waals surface area contributed by atoms with Gasteiger partial charge in [-0.15, -0.1) is 0 Å². The number of methoxy groups -OCH3 is 1. The Morgan fingerprint density at radius 1 is 1.38 bits per heavy atom. The zero-order valence-corrected chi connectivity index (χ0v) is 14.9. The van der Waals surface area contributed by atoms with E-state index in [0.29, 0.717) is 24.4 Å². The number of ether oxygens (including phenoxy) is 1. The van der Waals surface area contributed by atoms with Gasteiger partial charge in [-0.2, -0.15) is 0 Å². The van der Waals surface area contributed by atoms with Gasteiger partial charge in [-0.3, -0.25) is 4.79 Å². The van der Waals surface area contributed by atoms with Crippen LogP contribution in [0.3, 0.4) is 0 Å². The van der Waals surface area contributed by atoms with Gasteiger partial charge in [0, 0.05) is 24.5 Å². The second-order valence-electron chi connectivity index (χ2n) is 7.33. The van der Waals surface area contributed by atoms with Crippen LogP contribution >= 0.6 is 0 Å². The average molecular weight is 332 g/mol. The lowest BCUT2D eigenvalue weighted by Crippen LogP contribution is -2.62. The molecule has 0 bridgehead atoms. The number of nitrogens with zero attached hydrogens (tertiary/aromatic N) is 2. The number of likely N-dealkylation sites (N-methyl/N-ethyl adjacent to an activating group) is 1. The lowest BCUT2D eigenvalue weighted by molar-refractivity contribution is -0.0601. The first kappa shape index (κ1) is 17.2. The van der Waals surface area contributed by atoms with Crippen molar-refractivity contribution in [2.45, 2.75) is 32.2 Å². The molecule has 5 nitrogen and oxygen atoms in total. The van der Waals surface area contributed by atoms with E-state index in [2.05, 4.69) is 11.9 Å². The molecule has 0 aliphatic carbocycles. The molecule has 3 rings (SSSR count). The first-order valence-electron chi connectivity index (χ1n) is 8.76. The Hall–Kier alpha value is -1.59. The highest BCUT2D eigenvalue weighted by Crippen LogP contribution is 2.42. The molecule has 0 unspecified atom stereocenters. The highest BCUT2D eigenvalue weighted by Gasteiger charge is 2.47. The normalized spacial score (nSPS) is 27.7. The lowest BCUT2D eigenvalue weighted by Gasteiger charge is -2.53. The van der Waals surface area contributed by atoms with Crippen LogP contribution in [-0.4, -0.2) is 67.3 Å². The van der Waals surface area contributed by atoms with Crippen molar-refractivity contribution in [3.63, 3.8) is 0 Å². The second-order valence-corrected chi connectivity index (χ2v) is 7.33. The fourth-order valence-electron chi connectivity index (χ4n) is 4.36. The number of likely N-dealkylation sites (tertiary alicyclic amines) is 2. The van der Waals surface area contributed by atoms with Crippen molar-refractivity contribution in [1.29, 1.82) is 0 Å². The molecular weight excluding hydrogens is 304 g/mol. The van der Waals surface area contributed by atoms with E-state index in [4.69, 9.17) is 4.74 Å². The Bertz CT molecular complexity index is 619. The minimum absolute atomic E-state index is 0.0288. The Labute approximate surface area is 144 Å². The first-order chi connectivity index (χ1) is 11.5. The summed E-state index contributed by atoms with van der Waals surface area (Å²) in [5.41, 5.74) is 1.63. The van der Waals surface area contributed by atoms with Crippen molar-refractivity contribution in [1.82, 2.24) is 9.80 Å². The molecule has 0 spiro atoms. The SMILES string of the molecule is COc1ccc(C)cc1C(=O)N1CC[C@@]2(CO)CCCN(C)[C@@H]2C1. The summed E-state index contributed by atoms with van der Waals surface area (Å²) in [6.07, 6.45) is 3.03. The molecule has 2 aliphatic heterocycles. The number of aryl methyl sites for hydroxylation is 1. The van der Waals surface area contributed by atoms with Crippen molar-refractivity contribution < 1.29 is 14.6 Å². The number of piperidine rings is 2. The van der Waals surface area contributed by atoms with Gasteiger partial charge < -0.3 is 19.6 Å². The van der Waals surface area contributed by atoms with Crippen LogP contribution in [0.15, 0.2) is 18.2 Å². The molecule has 1 amide bonds. The molecule has 1 aromatic rings. The molecule has 1 aromatic carbocycles. The summed E-state index contributed by atoms with van der Waals surface area (Å²) in [5, 5.41) is 10.0. The number of benzene rings is 1. The maximum absolute atomic E-state index is 13.1. The average Bonchev–Trinajstić information content (AvgIpc) is 2.61. The molecule has 5 heteroatoms. The van der Waals surface area contributed by atoms with E-state index in [-0.39, 0.29) is 24.0 Å². The van der Waals surface area contributed by atoms with Crippen molar-refractivity contribution >= 4 is 5.91 Å². The number of aliphatic hydroxyl groups excluding tert-OH is 1. The summed E-state index contributed by atoms with van der Waals surface area (Å²) in [6.45, 7) is 4.59. The van der Waals surface area contributed by atoms with E-state index in [1.165, 1.54) is 0 Å². The molecule has 2 aliphatic rings. The summed E-state index contributed by atoms with van der Waals surface area (Å²) in [7, 11) is 3.71. The summed E-state index contributed by atoms with van der Waals surface area (Å²) in [6, 6.07) is 5.94. The molecule has 24 heavy (non-hydrogen) atoms. The van der Waals surface area contributed by atoms with Crippen LogP contribution in [0, 0.1) is 12.3 Å². The van der Waals surface area contributed by atoms with Crippen LogP contribution in [0.2, 0.25) is 0 Å². The predicted octanol–water partition coefficient (Wildman–Crippen LogP) is 1.92. The molecule has 0 aromatic heterocycles. The van der Waals surface area contributed by atoms with Crippen LogP contribution in [0.25, 0.3) is 0 Å². The number of amides is 1. The number of aliphatic hydroxyl groups is 1. The summed E-state index contributed by atoms with van der Waals surface area (Å²) < 4.78 is 5.38. The van der Waals surface area contributed by atoms with Gasteiger partial charge in [-0.25, -0.2) is 0 Å². The number of fused-ring (bicyclic) bond motifs is 1. The van der Waals surface area contributed by atoms with Crippen LogP contribution in [0.5, 0.6) is 5.75 Å². The maximum Gasteiger partial charge on any atom is 0.257 e. The van der Waals surface area contributed by atoms with Gasteiger partial charge in [-0.1, -0.05) is 11.6 Å². The minimum atomic E-state index is -0.0551. The fourth-order valence-corrected chi connectivity index (χ4v) is 4.36. The van der Waals surface area contributed by atoms with Gasteiger partial charge >= 0.3 is 0 Å². The summed E-state index contributed by atoms with van der Waals surface area (Å²) >= 11 is 0. The standard InChI is InChI=1S/C19H28N2O3/c1-14-5-6-16(24-3)15(11-14)18(23)21-10-8-19(13-22)7-4-9-20(2)17(19)12-21/h5-6,11,17,22H,4,7-10,12-13H2,1-3H3/t17-,19-/m1/s1. The van der Waals surface area contributed by atoms with Gasteiger partial charge in [-0.05, 0) is 51.9 Å². The zero-order chi connectivity index (χ0) is 17.3. The predicted molar refractivity (Wildman–Crippen MR) is 93.4 cm³/mol. The number of hydrogen-bond acceptors (Lipinski definition) is 4. The molecule has 2 heterocycles. The van der Waals surface area contributed by atoms with Crippen LogP contribution in [-0.2, 0) is 0 Å². The van der Waals surface area contributed by atoms with E-state index in [9.17, 15) is 9.90 Å². The van der Waals surface area contributed by atoms with Crippen LogP contribution in [0.4, 0.5) is 0 Å².